The second-order valence-electron chi connectivity index (χ2n) is 0.718. The van der Waals surface area contributed by atoms with Crippen molar-refractivity contribution in [1.82, 2.24) is 0 Å². The number of halogens is 4. The third kappa shape index (κ3) is 3460. The van der Waals surface area contributed by atoms with Gasteiger partial charge in [0.15, 0.2) is 0 Å². The van der Waals surface area contributed by atoms with E-state index in [1.807, 2.05) is 0 Å². The van der Waals surface area contributed by atoms with E-state index >= 15 is 0 Å². The van der Waals surface area contributed by atoms with Crippen molar-refractivity contribution in [3.8, 4) is 0 Å². The summed E-state index contributed by atoms with van der Waals surface area (Å²) >= 11 is 0. The molecular weight excluding hydrogens is 365 g/mol. The zero-order valence-electron chi connectivity index (χ0n) is 4.36. The quantitative estimate of drug-likeness (QED) is 0.279. The van der Waals surface area contributed by atoms with Crippen LogP contribution in [0.4, 0.5) is 17.3 Å². The first-order chi connectivity index (χ1) is 3.73. The normalized spacial score (nSPS) is 7.64. The molecule has 4 nitrogen and oxygen atoms in total. The van der Waals surface area contributed by atoms with Gasteiger partial charge in [-0.25, -0.2) is 0 Å². The first kappa shape index (κ1) is 22.5. The van der Waals surface area contributed by atoms with Crippen LogP contribution in [-0.2, 0) is 44.8 Å². The Labute approximate surface area is 89.6 Å². The fourth-order valence-corrected chi connectivity index (χ4v) is 0. The van der Waals surface area contributed by atoms with Crippen molar-refractivity contribution >= 4 is 7.25 Å². The molecule has 0 spiro atoms. The van der Waals surface area contributed by atoms with Gasteiger partial charge in [-0.1, -0.05) is 0 Å². The summed E-state index contributed by atoms with van der Waals surface area (Å²) in [5.74, 6) is 0. The summed E-state index contributed by atoms with van der Waals surface area (Å²) in [5.41, 5.74) is 0. The Morgan fingerprint density at radius 2 is 1.00 bits per heavy atom. The van der Waals surface area contributed by atoms with E-state index in [1.54, 1.807) is 0 Å². The fraction of sp³-hybridized carbons (Fsp3) is 0. The third-order valence-corrected chi connectivity index (χ3v) is 0. The molecule has 0 aromatic rings. The molecule has 0 saturated heterocycles. The van der Waals surface area contributed by atoms with Gasteiger partial charge in [0.05, 0.1) is 5.09 Å². The molecule has 11 heteroatoms. The Kier molecular flexibility index (Phi) is 21.4. The van der Waals surface area contributed by atoms with E-state index in [-0.39, 0.29) is 44.8 Å². The third-order valence-electron chi connectivity index (χ3n) is 0. The van der Waals surface area contributed by atoms with Crippen molar-refractivity contribution in [2.24, 2.45) is 0 Å². The van der Waals surface area contributed by atoms with Crippen molar-refractivity contribution in [2.45, 2.75) is 0 Å². The van der Waals surface area contributed by atoms with Crippen LogP contribution in [0.25, 0.3) is 0 Å². The minimum absolute atomic E-state index is 0. The van der Waals surface area contributed by atoms with E-state index in [0.29, 0.717) is 0 Å². The maximum atomic E-state index is 9.75. The van der Waals surface area contributed by atoms with E-state index in [2.05, 4.69) is 0 Å². The Bertz CT molecular complexity index is 85.8. The molecule has 0 aliphatic carbocycles. The summed E-state index contributed by atoms with van der Waals surface area (Å²) in [6, 6.07) is 0. The van der Waals surface area contributed by atoms with Gasteiger partial charge in [0.1, 0.15) is 0 Å². The molecular formula is Ag2BF4NO3. The smallest absolute Gasteiger partial charge is 0.418 e. The fourth-order valence-electron chi connectivity index (χ4n) is 0. The van der Waals surface area contributed by atoms with Crippen LogP contribution in [-0.4, -0.2) is 12.3 Å². The van der Waals surface area contributed by atoms with Gasteiger partial charge in [0.2, 0.25) is 0 Å². The molecule has 0 aromatic heterocycles. The van der Waals surface area contributed by atoms with Crippen molar-refractivity contribution in [3.05, 3.63) is 15.3 Å². The summed E-state index contributed by atoms with van der Waals surface area (Å²) in [6.45, 7) is 0. The summed E-state index contributed by atoms with van der Waals surface area (Å²) in [5, 5.41) is 14.8. The van der Waals surface area contributed by atoms with Gasteiger partial charge in [-0.3, -0.25) is 0 Å². The minimum Gasteiger partial charge on any atom is -0.418 e. The largest absolute Gasteiger partial charge is 1.00 e. The number of hydrogen-bond donors (Lipinski definition) is 0. The first-order valence-electron chi connectivity index (χ1n) is 1.42. The Hall–Kier alpha value is 0.465. The van der Waals surface area contributed by atoms with Gasteiger partial charge in [-0.05, 0) is 0 Å². The molecule has 0 aliphatic rings. The first-order valence-corrected chi connectivity index (χ1v) is 1.42. The molecule has 0 saturated carbocycles. The van der Waals surface area contributed by atoms with Crippen molar-refractivity contribution in [1.29, 1.82) is 0 Å². The van der Waals surface area contributed by atoms with Gasteiger partial charge in [-0.2, -0.15) is 0 Å². The van der Waals surface area contributed by atoms with E-state index in [0.717, 1.165) is 0 Å². The van der Waals surface area contributed by atoms with Gasteiger partial charge in [-0.15, -0.1) is 0 Å². The van der Waals surface area contributed by atoms with E-state index in [9.17, 15) is 17.3 Å². The Morgan fingerprint density at radius 3 is 1.00 bits per heavy atom. The van der Waals surface area contributed by atoms with E-state index < -0.39 is 12.3 Å². The molecule has 0 radical (unpaired) electrons. The number of nitrogens with zero attached hydrogens (tertiary/aromatic N) is 1. The topological polar surface area (TPSA) is 66.2 Å². The molecule has 0 aliphatic heterocycles. The van der Waals surface area contributed by atoms with Gasteiger partial charge < -0.3 is 32.6 Å². The molecule has 0 atom stereocenters. The van der Waals surface area contributed by atoms with Crippen LogP contribution in [0.3, 0.4) is 0 Å². The van der Waals surface area contributed by atoms with Crippen molar-refractivity contribution < 1.29 is 67.1 Å². The molecule has 0 rings (SSSR count). The molecule has 0 fully saturated rings. The number of hydrogen-bond acceptors (Lipinski definition) is 3. The maximum absolute atomic E-state index is 9.75. The molecule has 0 bridgehead atoms. The molecule has 0 amide bonds. The van der Waals surface area contributed by atoms with Crippen LogP contribution in [0.1, 0.15) is 0 Å². The second-order valence-corrected chi connectivity index (χ2v) is 0.718. The summed E-state index contributed by atoms with van der Waals surface area (Å²) in [6.07, 6.45) is 0. The molecule has 0 heterocycles. The zero-order chi connectivity index (χ0) is 8.08. The summed E-state index contributed by atoms with van der Waals surface area (Å²) in [7, 11) is -6.00. The van der Waals surface area contributed by atoms with Crippen molar-refractivity contribution in [2.75, 3.05) is 0 Å². The van der Waals surface area contributed by atoms with Crippen LogP contribution < -0.4 is 0 Å². The van der Waals surface area contributed by atoms with Crippen LogP contribution in [0.2, 0.25) is 0 Å². The minimum atomic E-state index is -6.00. The monoisotopic (exact) mass is 363 g/mol. The average molecular weight is 365 g/mol. The van der Waals surface area contributed by atoms with Crippen LogP contribution in [0.15, 0.2) is 0 Å². The summed E-state index contributed by atoms with van der Waals surface area (Å²) in [4.78, 5) is 8.25. The van der Waals surface area contributed by atoms with Gasteiger partial charge in [0.25, 0.3) is 0 Å². The zero-order valence-corrected chi connectivity index (χ0v) is 7.33. The second kappa shape index (κ2) is 10.5. The maximum Gasteiger partial charge on any atom is 1.00 e. The van der Waals surface area contributed by atoms with Gasteiger partial charge in [0, 0.05) is 0 Å². The molecule has 0 aromatic carbocycles. The van der Waals surface area contributed by atoms with Crippen LogP contribution in [0, 0.1) is 15.3 Å². The Morgan fingerprint density at radius 1 is 1.00 bits per heavy atom. The predicted octanol–water partition coefficient (Wildman–Crippen LogP) is 1.06. The molecule has 0 N–H and O–H groups in total. The molecule has 0 unspecified atom stereocenters. The van der Waals surface area contributed by atoms with Crippen LogP contribution >= 0.6 is 0 Å². The SMILES string of the molecule is F[B-](F)(F)F.O=[N+]([O-])[O-].[Ag+].[Ag+]. The van der Waals surface area contributed by atoms with E-state index in [4.69, 9.17) is 15.3 Å². The standard InChI is InChI=1S/2Ag.BF4.NO3/c;;2-1(3,4)5;2-1(3)4/q2*+1;2*-1. The average Bonchev–Trinajstić information content (AvgIpc) is 1.19. The molecule has 11 heavy (non-hydrogen) atoms. The van der Waals surface area contributed by atoms with Gasteiger partial charge >= 0.3 is 52.0 Å². The number of rotatable bonds is 0. The Balaban J connectivity index is -0.0000000383. The van der Waals surface area contributed by atoms with Crippen molar-refractivity contribution in [3.63, 3.8) is 0 Å². The van der Waals surface area contributed by atoms with E-state index in [1.165, 1.54) is 0 Å². The van der Waals surface area contributed by atoms with Crippen LogP contribution in [0.5, 0.6) is 0 Å². The molecule has 76 valence electrons. The predicted molar refractivity (Wildman–Crippen MR) is 20.5 cm³/mol. The summed E-state index contributed by atoms with van der Waals surface area (Å²) < 4.78 is 39.0.